The van der Waals surface area contributed by atoms with E-state index in [9.17, 15) is 0 Å². The Balaban J connectivity index is 1.96. The van der Waals surface area contributed by atoms with Gasteiger partial charge >= 0.3 is 0 Å². The maximum atomic E-state index is 6.42. The Bertz CT molecular complexity index is 592. The number of aliphatic imine (C=N–C) groups is 1. The number of halogens is 1. The van der Waals surface area contributed by atoms with Gasteiger partial charge in [0, 0.05) is 36.2 Å². The first kappa shape index (κ1) is 15.5. The highest BCUT2D eigenvalue weighted by atomic mass is 79.9. The maximum Gasteiger partial charge on any atom is 0.217 e. The molecule has 0 aromatic heterocycles. The lowest BCUT2D eigenvalue weighted by molar-refractivity contribution is 0.183. The summed E-state index contributed by atoms with van der Waals surface area (Å²) in [6.07, 6.45) is 2.72. The largest absolute Gasteiger partial charge is 0.339 e. The molecule has 1 aromatic rings. The van der Waals surface area contributed by atoms with Crippen LogP contribution in [-0.2, 0) is 0 Å². The summed E-state index contributed by atoms with van der Waals surface area (Å²) in [6.45, 7) is 7.85. The molecule has 6 heteroatoms. The van der Waals surface area contributed by atoms with E-state index in [0.717, 1.165) is 54.3 Å². The van der Waals surface area contributed by atoms with Crippen LogP contribution in [0.4, 0.5) is 5.69 Å². The first-order chi connectivity index (χ1) is 10.6. The monoisotopic (exact) mass is 363 g/mol. The average Bonchev–Trinajstić information content (AvgIpc) is 2.51. The second-order valence-electron chi connectivity index (χ2n) is 5.85. The number of nitrogens with two attached hydrogens (primary N) is 1. The Morgan fingerprint density at radius 2 is 2.09 bits per heavy atom. The summed E-state index contributed by atoms with van der Waals surface area (Å²) in [5, 5.41) is 1.81. The molecular weight excluding hydrogens is 342 g/mol. The fourth-order valence-electron chi connectivity index (χ4n) is 2.99. The number of rotatable bonds is 2. The van der Waals surface area contributed by atoms with E-state index in [2.05, 4.69) is 51.5 Å². The van der Waals surface area contributed by atoms with E-state index in [1.807, 2.05) is 17.2 Å². The molecule has 0 spiro atoms. The van der Waals surface area contributed by atoms with Crippen LogP contribution < -0.4 is 5.84 Å². The molecule has 0 saturated carbocycles. The summed E-state index contributed by atoms with van der Waals surface area (Å²) in [7, 11) is 2.15. The minimum absolute atomic E-state index is 0.0807. The third-order valence-corrected chi connectivity index (χ3v) is 4.81. The van der Waals surface area contributed by atoms with Gasteiger partial charge in [-0.25, -0.2) is 10.8 Å². The van der Waals surface area contributed by atoms with E-state index in [4.69, 9.17) is 10.8 Å². The van der Waals surface area contributed by atoms with Gasteiger partial charge in [0.1, 0.15) is 0 Å². The number of guanidine groups is 1. The van der Waals surface area contributed by atoms with Crippen molar-refractivity contribution in [2.45, 2.75) is 12.5 Å². The molecule has 1 aromatic carbocycles. The molecule has 2 N–H and O–H groups in total. The molecule has 0 radical (unpaired) electrons. The third kappa shape index (κ3) is 2.91. The number of likely N-dealkylation sites (N-methyl/N-ethyl adjacent to an activating group) is 1. The highest BCUT2D eigenvalue weighted by Gasteiger charge is 2.31. The van der Waals surface area contributed by atoms with E-state index in [-0.39, 0.29) is 6.04 Å². The molecule has 1 saturated heterocycles. The molecule has 0 aliphatic carbocycles. The summed E-state index contributed by atoms with van der Waals surface area (Å²) in [5.74, 6) is 7.29. The average molecular weight is 364 g/mol. The lowest BCUT2D eigenvalue weighted by atomic mass is 10.00. The second kappa shape index (κ2) is 6.40. The van der Waals surface area contributed by atoms with Gasteiger partial charge in [-0.3, -0.25) is 5.01 Å². The van der Waals surface area contributed by atoms with Crippen LogP contribution in [0.1, 0.15) is 18.0 Å². The molecule has 1 fully saturated rings. The van der Waals surface area contributed by atoms with E-state index in [1.165, 1.54) is 0 Å². The van der Waals surface area contributed by atoms with Crippen LogP contribution in [-0.4, -0.2) is 54.0 Å². The lowest BCUT2D eigenvalue weighted by Gasteiger charge is -2.42. The fraction of sp³-hybridized carbons (Fsp3) is 0.438. The van der Waals surface area contributed by atoms with Crippen molar-refractivity contribution in [2.24, 2.45) is 10.8 Å². The third-order valence-electron chi connectivity index (χ3n) is 4.31. The quantitative estimate of drug-likeness (QED) is 0.647. The van der Waals surface area contributed by atoms with Crippen molar-refractivity contribution in [3.05, 3.63) is 40.9 Å². The SMILES string of the molecule is C=CCC1c2cc(Br)ccc2N=C(N2CCN(C)CC2)N1N. The number of hydrazine groups is 1. The van der Waals surface area contributed by atoms with E-state index in [1.54, 1.807) is 0 Å². The van der Waals surface area contributed by atoms with Gasteiger partial charge in [-0.2, -0.15) is 0 Å². The zero-order chi connectivity index (χ0) is 15.7. The molecule has 2 heterocycles. The standard InChI is InChI=1S/C16H22BrN5/c1-3-4-15-13-11-12(17)5-6-14(13)19-16(22(15)18)21-9-7-20(2)8-10-21/h3,5-6,11,15H,1,4,7-10,18H2,2H3. The number of hydrogen-bond donors (Lipinski definition) is 1. The smallest absolute Gasteiger partial charge is 0.217 e. The topological polar surface area (TPSA) is 48.1 Å². The fourth-order valence-corrected chi connectivity index (χ4v) is 3.37. The molecule has 2 aliphatic heterocycles. The number of benzene rings is 1. The Labute approximate surface area is 140 Å². The predicted molar refractivity (Wildman–Crippen MR) is 93.9 cm³/mol. The van der Waals surface area contributed by atoms with Crippen molar-refractivity contribution in [1.29, 1.82) is 0 Å². The minimum Gasteiger partial charge on any atom is -0.339 e. The zero-order valence-corrected chi connectivity index (χ0v) is 14.5. The first-order valence-corrected chi connectivity index (χ1v) is 8.36. The summed E-state index contributed by atoms with van der Waals surface area (Å²) in [4.78, 5) is 9.42. The van der Waals surface area contributed by atoms with Crippen LogP contribution >= 0.6 is 15.9 Å². The van der Waals surface area contributed by atoms with Gasteiger partial charge in [-0.1, -0.05) is 22.0 Å². The highest BCUT2D eigenvalue weighted by Crippen LogP contribution is 2.37. The molecule has 3 rings (SSSR count). The predicted octanol–water partition coefficient (Wildman–Crippen LogP) is 2.49. The minimum atomic E-state index is 0.0807. The first-order valence-electron chi connectivity index (χ1n) is 7.56. The molecule has 1 atom stereocenters. The van der Waals surface area contributed by atoms with Crippen molar-refractivity contribution in [1.82, 2.24) is 14.8 Å². The van der Waals surface area contributed by atoms with Crippen molar-refractivity contribution in [3.8, 4) is 0 Å². The van der Waals surface area contributed by atoms with Crippen LogP contribution in [0.5, 0.6) is 0 Å². The van der Waals surface area contributed by atoms with Crippen LogP contribution in [0.25, 0.3) is 0 Å². The van der Waals surface area contributed by atoms with Crippen molar-refractivity contribution < 1.29 is 0 Å². The molecule has 1 unspecified atom stereocenters. The molecule has 2 aliphatic rings. The van der Waals surface area contributed by atoms with Crippen molar-refractivity contribution in [3.63, 3.8) is 0 Å². The van der Waals surface area contributed by atoms with Gasteiger partial charge in [0.25, 0.3) is 0 Å². The van der Waals surface area contributed by atoms with Gasteiger partial charge in [0.2, 0.25) is 5.96 Å². The second-order valence-corrected chi connectivity index (χ2v) is 6.77. The Morgan fingerprint density at radius 3 is 2.77 bits per heavy atom. The Kier molecular flexibility index (Phi) is 4.52. The Morgan fingerprint density at radius 1 is 1.36 bits per heavy atom. The van der Waals surface area contributed by atoms with Gasteiger partial charge in [-0.05, 0) is 31.7 Å². The van der Waals surface area contributed by atoms with Crippen LogP contribution in [0, 0.1) is 0 Å². The molecule has 22 heavy (non-hydrogen) atoms. The summed E-state index contributed by atoms with van der Waals surface area (Å²) < 4.78 is 1.05. The van der Waals surface area contributed by atoms with E-state index >= 15 is 0 Å². The maximum absolute atomic E-state index is 6.42. The van der Waals surface area contributed by atoms with E-state index in [0.29, 0.717) is 0 Å². The van der Waals surface area contributed by atoms with E-state index < -0.39 is 0 Å². The summed E-state index contributed by atoms with van der Waals surface area (Å²) in [5.41, 5.74) is 2.15. The number of piperazine rings is 1. The van der Waals surface area contributed by atoms with Gasteiger partial charge in [0.05, 0.1) is 11.7 Å². The highest BCUT2D eigenvalue weighted by molar-refractivity contribution is 9.10. The molecule has 5 nitrogen and oxygen atoms in total. The number of hydrogen-bond acceptors (Lipinski definition) is 5. The molecular formula is C16H22BrN5. The van der Waals surface area contributed by atoms with Gasteiger partial charge < -0.3 is 9.80 Å². The summed E-state index contributed by atoms with van der Waals surface area (Å²) >= 11 is 3.54. The van der Waals surface area contributed by atoms with Crippen molar-refractivity contribution in [2.75, 3.05) is 33.2 Å². The van der Waals surface area contributed by atoms with Gasteiger partial charge in [-0.15, -0.1) is 6.58 Å². The lowest BCUT2D eigenvalue weighted by Crippen LogP contribution is -2.56. The van der Waals surface area contributed by atoms with Crippen molar-refractivity contribution >= 4 is 27.6 Å². The molecule has 118 valence electrons. The zero-order valence-electron chi connectivity index (χ0n) is 12.9. The molecule has 0 amide bonds. The Hall–Kier alpha value is -1.37. The normalized spacial score (nSPS) is 22.3. The molecule has 0 bridgehead atoms. The number of nitrogens with zero attached hydrogens (tertiary/aromatic N) is 4. The number of fused-ring (bicyclic) bond motifs is 1. The van der Waals surface area contributed by atoms with Crippen LogP contribution in [0.3, 0.4) is 0 Å². The van der Waals surface area contributed by atoms with Crippen LogP contribution in [0.2, 0.25) is 0 Å². The summed E-state index contributed by atoms with van der Waals surface area (Å²) in [6, 6.07) is 6.27. The van der Waals surface area contributed by atoms with Crippen LogP contribution in [0.15, 0.2) is 40.3 Å². The van der Waals surface area contributed by atoms with Gasteiger partial charge in [0.15, 0.2) is 0 Å².